The lowest BCUT2D eigenvalue weighted by atomic mass is 10.3. The summed E-state index contributed by atoms with van der Waals surface area (Å²) in [5.74, 6) is 0. The topological polar surface area (TPSA) is 63.6 Å². The molecule has 0 aromatic rings. The first-order chi connectivity index (χ1) is 4.56. The highest BCUT2D eigenvalue weighted by Crippen LogP contribution is 1.91. The normalized spacial score (nSPS) is 12.2. The molecular formula is C5H10O4S. The minimum atomic E-state index is -4.29. The van der Waals surface area contributed by atoms with E-state index in [9.17, 15) is 8.42 Å². The largest absolute Gasteiger partial charge is 0.445 e. The van der Waals surface area contributed by atoms with Gasteiger partial charge in [-0.25, -0.2) is 0 Å². The van der Waals surface area contributed by atoms with Crippen molar-refractivity contribution in [2.75, 3.05) is 0 Å². The number of unbranched alkanes of at least 4 members (excludes halogenated alkanes) is 1. The highest BCUT2D eigenvalue weighted by atomic mass is 32.3. The van der Waals surface area contributed by atoms with Crippen LogP contribution in [0.5, 0.6) is 0 Å². The van der Waals surface area contributed by atoms with E-state index in [1.807, 2.05) is 6.92 Å². The Hall–Kier alpha value is -0.550. The van der Waals surface area contributed by atoms with Gasteiger partial charge in [-0.3, -0.25) is 4.55 Å². The van der Waals surface area contributed by atoms with Gasteiger partial charge in [0.15, 0.2) is 0 Å². The predicted octanol–water partition coefficient (Wildman–Crippen LogP) is 1.12. The molecule has 0 saturated heterocycles. The molecule has 1 N–H and O–H groups in total. The third-order valence-corrected chi connectivity index (χ3v) is 1.08. The van der Waals surface area contributed by atoms with Crippen molar-refractivity contribution in [2.45, 2.75) is 19.8 Å². The van der Waals surface area contributed by atoms with E-state index < -0.39 is 10.4 Å². The van der Waals surface area contributed by atoms with Crippen LogP contribution in [0.1, 0.15) is 19.8 Å². The van der Waals surface area contributed by atoms with Gasteiger partial charge in [-0.1, -0.05) is 13.3 Å². The highest BCUT2D eigenvalue weighted by molar-refractivity contribution is 7.81. The highest BCUT2D eigenvalue weighted by Gasteiger charge is 1.97. The maximum Gasteiger partial charge on any atom is 0.445 e. The van der Waals surface area contributed by atoms with Gasteiger partial charge in [0.25, 0.3) is 0 Å². The smallest absolute Gasteiger partial charge is 0.370 e. The van der Waals surface area contributed by atoms with E-state index in [4.69, 9.17) is 4.55 Å². The molecule has 60 valence electrons. The molecule has 0 aromatic carbocycles. The summed E-state index contributed by atoms with van der Waals surface area (Å²) < 4.78 is 31.6. The molecule has 0 aliphatic rings. The zero-order valence-corrected chi connectivity index (χ0v) is 6.47. The van der Waals surface area contributed by atoms with Crippen molar-refractivity contribution in [3.8, 4) is 0 Å². The average molecular weight is 166 g/mol. The summed E-state index contributed by atoms with van der Waals surface area (Å²) in [6, 6.07) is 0. The van der Waals surface area contributed by atoms with Gasteiger partial charge >= 0.3 is 10.4 Å². The second kappa shape index (κ2) is 4.29. The number of rotatable bonds is 4. The van der Waals surface area contributed by atoms with Crippen LogP contribution < -0.4 is 0 Å². The summed E-state index contributed by atoms with van der Waals surface area (Å²) >= 11 is 0. The monoisotopic (exact) mass is 166 g/mol. The Kier molecular flexibility index (Phi) is 4.06. The third kappa shape index (κ3) is 7.45. The van der Waals surface area contributed by atoms with E-state index in [2.05, 4.69) is 4.18 Å². The fourth-order valence-corrected chi connectivity index (χ4v) is 0.563. The Labute approximate surface area is 60.5 Å². The zero-order valence-electron chi connectivity index (χ0n) is 5.65. The molecule has 0 aromatic heterocycles. The first-order valence-corrected chi connectivity index (χ1v) is 4.23. The maximum atomic E-state index is 9.88. The van der Waals surface area contributed by atoms with Crippen molar-refractivity contribution in [2.24, 2.45) is 0 Å². The molecule has 10 heavy (non-hydrogen) atoms. The van der Waals surface area contributed by atoms with Crippen molar-refractivity contribution >= 4 is 10.4 Å². The van der Waals surface area contributed by atoms with E-state index in [1.165, 1.54) is 6.08 Å². The molecule has 0 radical (unpaired) electrons. The zero-order chi connectivity index (χ0) is 8.04. The molecule has 0 saturated carbocycles. The fraction of sp³-hybridized carbons (Fsp3) is 0.600. The lowest BCUT2D eigenvalue weighted by Gasteiger charge is -1.90. The molecule has 0 aliphatic carbocycles. The minimum absolute atomic E-state index is 0.732. The lowest BCUT2D eigenvalue weighted by Crippen LogP contribution is -1.96. The maximum absolute atomic E-state index is 9.88. The standard InChI is InChI=1S/C5H10O4S/c1-2-3-4-5-9-10(6,7)8/h4-5H,2-3H2,1H3,(H,6,7,8). The molecule has 0 bridgehead atoms. The average Bonchev–Trinajstić information content (AvgIpc) is 1.78. The Morgan fingerprint density at radius 1 is 1.60 bits per heavy atom. The van der Waals surface area contributed by atoms with Gasteiger partial charge in [0.2, 0.25) is 0 Å². The lowest BCUT2D eigenvalue weighted by molar-refractivity contribution is 0.355. The van der Waals surface area contributed by atoms with Crippen molar-refractivity contribution in [1.82, 2.24) is 0 Å². The summed E-state index contributed by atoms with van der Waals surface area (Å²) in [7, 11) is -4.29. The SMILES string of the molecule is CCCC=COS(=O)(=O)O. The van der Waals surface area contributed by atoms with Gasteiger partial charge < -0.3 is 4.18 Å². The molecule has 5 heteroatoms. The van der Waals surface area contributed by atoms with Gasteiger partial charge in [0.1, 0.15) is 6.26 Å². The molecule has 0 aliphatic heterocycles. The Morgan fingerprint density at radius 3 is 2.60 bits per heavy atom. The van der Waals surface area contributed by atoms with E-state index >= 15 is 0 Å². The van der Waals surface area contributed by atoms with Crippen LogP contribution in [0.2, 0.25) is 0 Å². The van der Waals surface area contributed by atoms with Crippen LogP contribution in [-0.4, -0.2) is 13.0 Å². The molecular weight excluding hydrogens is 156 g/mol. The summed E-state index contributed by atoms with van der Waals surface area (Å²) in [5, 5.41) is 0. The van der Waals surface area contributed by atoms with Crippen LogP contribution in [-0.2, 0) is 14.6 Å². The van der Waals surface area contributed by atoms with Gasteiger partial charge in [0.05, 0.1) is 0 Å². The van der Waals surface area contributed by atoms with E-state index in [1.54, 1.807) is 0 Å². The summed E-state index contributed by atoms with van der Waals surface area (Å²) in [6.07, 6.45) is 4.12. The number of hydrogen-bond acceptors (Lipinski definition) is 3. The van der Waals surface area contributed by atoms with Crippen LogP contribution in [0.25, 0.3) is 0 Å². The van der Waals surface area contributed by atoms with Gasteiger partial charge in [-0.15, -0.1) is 0 Å². The Morgan fingerprint density at radius 2 is 2.20 bits per heavy atom. The van der Waals surface area contributed by atoms with Crippen LogP contribution in [0.3, 0.4) is 0 Å². The first kappa shape index (κ1) is 9.45. The van der Waals surface area contributed by atoms with Gasteiger partial charge in [0, 0.05) is 0 Å². The summed E-state index contributed by atoms with van der Waals surface area (Å²) in [5.41, 5.74) is 0. The van der Waals surface area contributed by atoms with Gasteiger partial charge in [-0.05, 0) is 12.5 Å². The quantitative estimate of drug-likeness (QED) is 0.502. The van der Waals surface area contributed by atoms with Crippen molar-refractivity contribution < 1.29 is 17.2 Å². The molecule has 0 heterocycles. The molecule has 0 rings (SSSR count). The van der Waals surface area contributed by atoms with E-state index in [-0.39, 0.29) is 0 Å². The van der Waals surface area contributed by atoms with Crippen LogP contribution in [0, 0.1) is 0 Å². The second-order valence-electron chi connectivity index (χ2n) is 1.68. The van der Waals surface area contributed by atoms with E-state index in [0.29, 0.717) is 0 Å². The van der Waals surface area contributed by atoms with Gasteiger partial charge in [-0.2, -0.15) is 8.42 Å². The Bertz CT molecular complexity index is 192. The minimum Gasteiger partial charge on any atom is -0.370 e. The second-order valence-corrected chi connectivity index (χ2v) is 2.73. The van der Waals surface area contributed by atoms with Crippen LogP contribution >= 0.6 is 0 Å². The third-order valence-electron chi connectivity index (χ3n) is 0.729. The molecule has 0 atom stereocenters. The molecule has 0 unspecified atom stereocenters. The van der Waals surface area contributed by atoms with Crippen molar-refractivity contribution in [1.29, 1.82) is 0 Å². The first-order valence-electron chi connectivity index (χ1n) is 2.87. The molecule has 4 nitrogen and oxygen atoms in total. The van der Waals surface area contributed by atoms with Crippen molar-refractivity contribution in [3.05, 3.63) is 12.3 Å². The summed E-state index contributed by atoms with van der Waals surface area (Å²) in [4.78, 5) is 0. The Balaban J connectivity index is 3.55. The molecule has 0 spiro atoms. The molecule has 0 amide bonds. The van der Waals surface area contributed by atoms with E-state index in [0.717, 1.165) is 19.1 Å². The number of hydrogen-bond donors (Lipinski definition) is 1. The predicted molar refractivity (Wildman–Crippen MR) is 36.7 cm³/mol. The van der Waals surface area contributed by atoms with Crippen LogP contribution in [0.15, 0.2) is 12.3 Å². The molecule has 0 fully saturated rings. The fourth-order valence-electron chi connectivity index (χ4n) is 0.344. The number of allylic oxidation sites excluding steroid dienone is 1. The van der Waals surface area contributed by atoms with Crippen molar-refractivity contribution in [3.63, 3.8) is 0 Å². The van der Waals surface area contributed by atoms with Crippen LogP contribution in [0.4, 0.5) is 0 Å². The summed E-state index contributed by atoms with van der Waals surface area (Å²) in [6.45, 7) is 1.94.